The lowest BCUT2D eigenvalue weighted by molar-refractivity contribution is 0.592. The van der Waals surface area contributed by atoms with E-state index >= 15 is 0 Å². The third kappa shape index (κ3) is 6.92. The highest BCUT2D eigenvalue weighted by atomic mass is 35.5. The van der Waals surface area contributed by atoms with E-state index in [4.69, 9.17) is 23.1 Å². The largest absolute Gasteiger partial charge is 0.398 e. The minimum absolute atomic E-state index is 0. The van der Waals surface area contributed by atoms with E-state index in [9.17, 15) is 0 Å². The number of halogens is 1. The molecule has 0 unspecified atom stereocenters. The van der Waals surface area contributed by atoms with Crippen LogP contribution in [0.2, 0.25) is 5.02 Å². The second kappa shape index (κ2) is 9.87. The average Bonchev–Trinajstić information content (AvgIpc) is 2.43. The van der Waals surface area contributed by atoms with E-state index in [2.05, 4.69) is 53.7 Å². The van der Waals surface area contributed by atoms with Gasteiger partial charge in [0.25, 0.3) is 0 Å². The van der Waals surface area contributed by atoms with Crippen molar-refractivity contribution < 1.29 is 0 Å². The fraction of sp³-hybridized carbons (Fsp3) is 0.478. The summed E-state index contributed by atoms with van der Waals surface area (Å²) in [6.45, 7) is 14.9. The smallest absolute Gasteiger partial charge is 0.0638 e. The van der Waals surface area contributed by atoms with Crippen LogP contribution in [0.3, 0.4) is 0 Å². The molecule has 0 aliphatic rings. The Kier molecular flexibility index (Phi) is 10.1. The van der Waals surface area contributed by atoms with Crippen LogP contribution in [0.5, 0.6) is 0 Å². The van der Waals surface area contributed by atoms with Crippen LogP contribution in [0.4, 0.5) is 11.4 Å². The van der Waals surface area contributed by atoms with E-state index in [0.717, 1.165) is 11.3 Å². The maximum atomic E-state index is 5.97. The van der Waals surface area contributed by atoms with Crippen molar-refractivity contribution in [2.45, 2.75) is 74.1 Å². The first kappa shape index (κ1) is 26.6. The molecule has 26 heavy (non-hydrogen) atoms. The molecule has 0 aliphatic carbocycles. The molecule has 2 nitrogen and oxygen atoms in total. The Hall–Kier alpha value is -1.67. The lowest BCUT2D eigenvalue weighted by Gasteiger charge is -2.22. The number of anilines is 2. The molecule has 0 bridgehead atoms. The van der Waals surface area contributed by atoms with Crippen molar-refractivity contribution in [3.63, 3.8) is 0 Å². The summed E-state index contributed by atoms with van der Waals surface area (Å²) in [5, 5.41) is 0.641. The molecule has 2 aromatic rings. The third-order valence-corrected chi connectivity index (χ3v) is 4.32. The molecule has 3 heteroatoms. The van der Waals surface area contributed by atoms with Crippen LogP contribution >= 0.6 is 11.6 Å². The van der Waals surface area contributed by atoms with Crippen LogP contribution in [0, 0.1) is 6.92 Å². The van der Waals surface area contributed by atoms with Gasteiger partial charge in [-0.1, -0.05) is 98.3 Å². The molecular formula is C23H39ClN2. The van der Waals surface area contributed by atoms with Gasteiger partial charge in [0, 0.05) is 5.69 Å². The molecule has 0 fully saturated rings. The summed E-state index contributed by atoms with van der Waals surface area (Å²) >= 11 is 5.89. The molecule has 0 heterocycles. The Morgan fingerprint density at radius 1 is 0.692 bits per heavy atom. The van der Waals surface area contributed by atoms with Gasteiger partial charge in [-0.25, -0.2) is 0 Å². The molecule has 0 saturated heterocycles. The Morgan fingerprint density at radius 3 is 1.42 bits per heavy atom. The first-order valence-electron chi connectivity index (χ1n) is 8.25. The fourth-order valence-electron chi connectivity index (χ4n) is 2.53. The van der Waals surface area contributed by atoms with Gasteiger partial charge < -0.3 is 11.5 Å². The van der Waals surface area contributed by atoms with Gasteiger partial charge in [-0.15, -0.1) is 0 Å². The van der Waals surface area contributed by atoms with Crippen molar-refractivity contribution >= 4 is 23.0 Å². The lowest BCUT2D eigenvalue weighted by Crippen LogP contribution is -2.14. The monoisotopic (exact) mass is 378 g/mol. The zero-order chi connectivity index (χ0) is 18.7. The molecule has 2 aromatic carbocycles. The zero-order valence-corrected chi connectivity index (χ0v) is 16.8. The van der Waals surface area contributed by atoms with Crippen molar-refractivity contribution in [1.82, 2.24) is 0 Å². The van der Waals surface area contributed by atoms with Crippen molar-refractivity contribution in [1.29, 1.82) is 0 Å². The van der Waals surface area contributed by atoms with Crippen LogP contribution < -0.4 is 11.5 Å². The van der Waals surface area contributed by atoms with Crippen LogP contribution in [0.25, 0.3) is 0 Å². The maximum Gasteiger partial charge on any atom is 0.0638 e. The van der Waals surface area contributed by atoms with Crippen molar-refractivity contribution in [3.05, 3.63) is 58.1 Å². The van der Waals surface area contributed by atoms with E-state index in [1.807, 2.05) is 31.2 Å². The van der Waals surface area contributed by atoms with Crippen molar-refractivity contribution in [2.24, 2.45) is 0 Å². The molecule has 0 aliphatic heterocycles. The van der Waals surface area contributed by atoms with E-state index in [-0.39, 0.29) is 25.7 Å². The minimum atomic E-state index is 0. The van der Waals surface area contributed by atoms with Crippen LogP contribution in [0.15, 0.2) is 36.4 Å². The number of hydrogen-bond donors (Lipinski definition) is 2. The quantitative estimate of drug-likeness (QED) is 0.470. The zero-order valence-electron chi connectivity index (χ0n) is 16.0. The van der Waals surface area contributed by atoms with Crippen molar-refractivity contribution in [3.8, 4) is 0 Å². The van der Waals surface area contributed by atoms with Crippen LogP contribution in [-0.4, -0.2) is 0 Å². The normalized spacial score (nSPS) is 10.8. The first-order valence-corrected chi connectivity index (χ1v) is 8.63. The maximum absolute atomic E-state index is 5.97. The average molecular weight is 379 g/mol. The second-order valence-corrected chi connectivity index (χ2v) is 8.64. The number of nitrogen functional groups attached to an aromatic ring is 2. The Balaban J connectivity index is 0. The number of hydrogen-bond acceptors (Lipinski definition) is 2. The standard InChI is InChI=1S/C11H17N.C10H14ClN.2CH4/c1-8-6-5-7-9(10(8)12)11(2,3)4;1-10(2,3)7-5-4-6-8(11)9(7)12;;/h5-7H,12H2,1-4H3;4-6H,12H2,1-3H3;2*1H4. The third-order valence-electron chi connectivity index (χ3n) is 3.99. The van der Waals surface area contributed by atoms with Crippen LogP contribution in [0.1, 0.15) is 73.1 Å². The molecule has 0 saturated carbocycles. The molecule has 148 valence electrons. The predicted molar refractivity (Wildman–Crippen MR) is 122 cm³/mol. The molecule has 0 aromatic heterocycles. The van der Waals surface area contributed by atoms with Gasteiger partial charge in [0.2, 0.25) is 0 Å². The number of benzene rings is 2. The fourth-order valence-corrected chi connectivity index (χ4v) is 2.70. The van der Waals surface area contributed by atoms with E-state index in [1.54, 1.807) is 0 Å². The molecular weight excluding hydrogens is 340 g/mol. The summed E-state index contributed by atoms with van der Waals surface area (Å²) in [6.07, 6.45) is 0. The second-order valence-electron chi connectivity index (χ2n) is 8.24. The summed E-state index contributed by atoms with van der Waals surface area (Å²) in [7, 11) is 0. The molecule has 2 rings (SSSR count). The van der Waals surface area contributed by atoms with Gasteiger partial charge in [0.05, 0.1) is 10.7 Å². The molecule has 0 spiro atoms. The van der Waals surface area contributed by atoms with Gasteiger partial charge in [-0.3, -0.25) is 0 Å². The number of aryl methyl sites for hydroxylation is 1. The van der Waals surface area contributed by atoms with E-state index in [0.29, 0.717) is 10.7 Å². The van der Waals surface area contributed by atoms with E-state index < -0.39 is 0 Å². The lowest BCUT2D eigenvalue weighted by atomic mass is 9.85. The van der Waals surface area contributed by atoms with Gasteiger partial charge in [-0.05, 0) is 40.5 Å². The topological polar surface area (TPSA) is 52.0 Å². The summed E-state index contributed by atoms with van der Waals surface area (Å²) in [4.78, 5) is 0. The van der Waals surface area contributed by atoms with Gasteiger partial charge in [-0.2, -0.15) is 0 Å². The highest BCUT2D eigenvalue weighted by Gasteiger charge is 2.18. The highest BCUT2D eigenvalue weighted by molar-refractivity contribution is 6.33. The van der Waals surface area contributed by atoms with Crippen LogP contribution in [-0.2, 0) is 10.8 Å². The summed E-state index contributed by atoms with van der Waals surface area (Å²) < 4.78 is 0. The highest BCUT2D eigenvalue weighted by Crippen LogP contribution is 2.32. The van der Waals surface area contributed by atoms with Gasteiger partial charge in [0.1, 0.15) is 0 Å². The Bertz CT molecular complexity index is 631. The predicted octanol–water partition coefficient (Wildman–Crippen LogP) is 7.37. The molecule has 0 atom stereocenters. The summed E-state index contributed by atoms with van der Waals surface area (Å²) in [5.74, 6) is 0. The molecule has 0 radical (unpaired) electrons. The summed E-state index contributed by atoms with van der Waals surface area (Å²) in [5.41, 5.74) is 17.2. The van der Waals surface area contributed by atoms with Gasteiger partial charge in [0.15, 0.2) is 0 Å². The molecule has 4 N–H and O–H groups in total. The first-order chi connectivity index (χ1) is 10.9. The Morgan fingerprint density at radius 2 is 1.08 bits per heavy atom. The molecule has 0 amide bonds. The summed E-state index contributed by atoms with van der Waals surface area (Å²) in [6, 6.07) is 12.0. The number of nitrogens with two attached hydrogens (primary N) is 2. The van der Waals surface area contributed by atoms with Gasteiger partial charge >= 0.3 is 0 Å². The van der Waals surface area contributed by atoms with Crippen molar-refractivity contribution in [2.75, 3.05) is 11.5 Å². The Labute approximate surface area is 167 Å². The number of para-hydroxylation sites is 2. The van der Waals surface area contributed by atoms with E-state index in [1.165, 1.54) is 11.1 Å². The minimum Gasteiger partial charge on any atom is -0.398 e. The SMILES string of the molecule is C.C.CC(C)(C)c1cccc(Cl)c1N.Cc1cccc(C(C)(C)C)c1N. The number of rotatable bonds is 0.